The van der Waals surface area contributed by atoms with Gasteiger partial charge in [-0.1, -0.05) is 12.2 Å². The van der Waals surface area contributed by atoms with Gasteiger partial charge in [0.2, 0.25) is 0 Å². The summed E-state index contributed by atoms with van der Waals surface area (Å²) in [5.41, 5.74) is -1.61. The van der Waals surface area contributed by atoms with Crippen LogP contribution in [0.4, 0.5) is 17.6 Å². The third kappa shape index (κ3) is 4.06. The van der Waals surface area contributed by atoms with Gasteiger partial charge >= 0.3 is 6.18 Å². The highest BCUT2D eigenvalue weighted by molar-refractivity contribution is 5.94. The van der Waals surface area contributed by atoms with E-state index >= 15 is 0 Å². The third-order valence-electron chi connectivity index (χ3n) is 3.46. The van der Waals surface area contributed by atoms with Crippen LogP contribution in [0.5, 0.6) is 0 Å². The van der Waals surface area contributed by atoms with Crippen LogP contribution >= 0.6 is 0 Å². The Morgan fingerprint density at radius 1 is 1.29 bits per heavy atom. The summed E-state index contributed by atoms with van der Waals surface area (Å²) in [5, 5.41) is 2.60. The zero-order valence-electron chi connectivity index (χ0n) is 11.2. The lowest BCUT2D eigenvalue weighted by Crippen LogP contribution is -2.30. The smallest absolute Gasteiger partial charge is 0.352 e. The Morgan fingerprint density at radius 2 is 2.05 bits per heavy atom. The van der Waals surface area contributed by atoms with Crippen molar-refractivity contribution >= 4 is 5.91 Å². The second kappa shape index (κ2) is 6.28. The molecule has 0 saturated carbocycles. The first-order valence-corrected chi connectivity index (χ1v) is 6.68. The number of nitrogens with one attached hydrogen (secondary N) is 1. The molecule has 1 N–H and O–H groups in total. The number of benzene rings is 1. The van der Waals surface area contributed by atoms with Crippen LogP contribution in [0.1, 0.15) is 35.2 Å². The Hall–Kier alpha value is -1.85. The van der Waals surface area contributed by atoms with Gasteiger partial charge in [-0.3, -0.25) is 4.79 Å². The molecule has 0 fully saturated rings. The Morgan fingerprint density at radius 3 is 2.67 bits per heavy atom. The zero-order valence-corrected chi connectivity index (χ0v) is 11.2. The van der Waals surface area contributed by atoms with Gasteiger partial charge in [0.15, 0.2) is 0 Å². The van der Waals surface area contributed by atoms with Gasteiger partial charge in [0.05, 0.1) is 5.56 Å². The number of hydrogen-bond donors (Lipinski definition) is 1. The molecule has 1 aromatic carbocycles. The first kappa shape index (κ1) is 15.5. The average molecular weight is 301 g/mol. The van der Waals surface area contributed by atoms with Crippen molar-refractivity contribution in [3.63, 3.8) is 0 Å². The molecule has 0 aliphatic heterocycles. The highest BCUT2D eigenvalue weighted by atomic mass is 19.4. The van der Waals surface area contributed by atoms with Gasteiger partial charge in [0.1, 0.15) is 5.82 Å². The number of rotatable bonds is 3. The molecule has 0 saturated heterocycles. The summed E-state index contributed by atoms with van der Waals surface area (Å²) >= 11 is 0. The molecule has 0 spiro atoms. The van der Waals surface area contributed by atoms with E-state index in [0.717, 1.165) is 25.3 Å². The Labute approximate surface area is 119 Å². The van der Waals surface area contributed by atoms with E-state index in [1.54, 1.807) is 0 Å². The summed E-state index contributed by atoms with van der Waals surface area (Å²) in [5.74, 6) is -1.70. The van der Waals surface area contributed by atoms with E-state index in [4.69, 9.17) is 0 Å². The lowest BCUT2D eigenvalue weighted by Gasteiger charge is -2.18. The van der Waals surface area contributed by atoms with Crippen LogP contribution in [0.3, 0.4) is 0 Å². The largest absolute Gasteiger partial charge is 0.419 e. The molecule has 21 heavy (non-hydrogen) atoms. The molecule has 114 valence electrons. The van der Waals surface area contributed by atoms with E-state index in [1.165, 1.54) is 0 Å². The summed E-state index contributed by atoms with van der Waals surface area (Å²) < 4.78 is 50.9. The molecule has 1 aromatic rings. The van der Waals surface area contributed by atoms with Crippen molar-refractivity contribution in [2.24, 2.45) is 5.92 Å². The number of alkyl halides is 3. The SMILES string of the molecule is O=C(NCC1CC=CCC1)c1ccc(F)c(C(F)(F)F)c1. The van der Waals surface area contributed by atoms with E-state index in [1.807, 2.05) is 6.08 Å². The Kier molecular flexibility index (Phi) is 4.65. The first-order valence-electron chi connectivity index (χ1n) is 6.68. The summed E-state index contributed by atoms with van der Waals surface area (Å²) in [6.45, 7) is 0.405. The topological polar surface area (TPSA) is 29.1 Å². The normalized spacial score (nSPS) is 18.6. The predicted molar refractivity (Wildman–Crippen MR) is 70.2 cm³/mol. The van der Waals surface area contributed by atoms with Gasteiger partial charge in [-0.2, -0.15) is 13.2 Å². The molecular weight excluding hydrogens is 286 g/mol. The van der Waals surface area contributed by atoms with Crippen molar-refractivity contribution in [2.45, 2.75) is 25.4 Å². The fraction of sp³-hybridized carbons (Fsp3) is 0.400. The molecule has 1 aliphatic carbocycles. The number of carbonyl (C=O) groups is 1. The summed E-state index contributed by atoms with van der Waals surface area (Å²) in [4.78, 5) is 11.9. The van der Waals surface area contributed by atoms with Gasteiger partial charge < -0.3 is 5.32 Å². The second-order valence-corrected chi connectivity index (χ2v) is 5.05. The standard InChI is InChI=1S/C15H15F4NO/c16-13-7-6-11(8-12(13)15(17,18)19)14(21)20-9-10-4-2-1-3-5-10/h1-2,6-8,10H,3-5,9H2,(H,20,21). The molecule has 1 atom stereocenters. The minimum atomic E-state index is -4.81. The minimum Gasteiger partial charge on any atom is -0.352 e. The molecule has 2 nitrogen and oxygen atoms in total. The van der Waals surface area contributed by atoms with Crippen LogP contribution in [0.15, 0.2) is 30.4 Å². The van der Waals surface area contributed by atoms with Crippen molar-refractivity contribution in [1.29, 1.82) is 0 Å². The van der Waals surface area contributed by atoms with Crippen LogP contribution in [0.25, 0.3) is 0 Å². The molecule has 1 aliphatic rings. The van der Waals surface area contributed by atoms with Gasteiger partial charge in [0.25, 0.3) is 5.91 Å². The number of allylic oxidation sites excluding steroid dienone is 2. The van der Waals surface area contributed by atoms with Gasteiger partial charge in [-0.25, -0.2) is 4.39 Å². The first-order chi connectivity index (χ1) is 9.88. The van der Waals surface area contributed by atoms with E-state index in [2.05, 4.69) is 11.4 Å². The van der Waals surface area contributed by atoms with Crippen molar-refractivity contribution in [1.82, 2.24) is 5.32 Å². The van der Waals surface area contributed by atoms with E-state index < -0.39 is 23.5 Å². The molecule has 0 radical (unpaired) electrons. The number of halogens is 4. The maximum Gasteiger partial charge on any atom is 0.419 e. The number of hydrogen-bond acceptors (Lipinski definition) is 1. The van der Waals surface area contributed by atoms with Crippen LogP contribution in [0, 0.1) is 11.7 Å². The quantitative estimate of drug-likeness (QED) is 0.665. The van der Waals surface area contributed by atoms with Crippen LogP contribution in [-0.4, -0.2) is 12.5 Å². The molecule has 0 aromatic heterocycles. The molecule has 0 bridgehead atoms. The molecule has 0 heterocycles. The highest BCUT2D eigenvalue weighted by Gasteiger charge is 2.34. The van der Waals surface area contributed by atoms with Crippen LogP contribution in [-0.2, 0) is 6.18 Å². The number of carbonyl (C=O) groups excluding carboxylic acids is 1. The predicted octanol–water partition coefficient (Wildman–Crippen LogP) is 3.93. The van der Waals surface area contributed by atoms with Crippen LogP contribution < -0.4 is 5.32 Å². The lowest BCUT2D eigenvalue weighted by atomic mass is 9.94. The maximum absolute atomic E-state index is 13.1. The molecule has 1 amide bonds. The number of amides is 1. The minimum absolute atomic E-state index is 0.185. The zero-order chi connectivity index (χ0) is 15.5. The monoisotopic (exact) mass is 301 g/mol. The fourth-order valence-corrected chi connectivity index (χ4v) is 2.26. The van der Waals surface area contributed by atoms with E-state index in [-0.39, 0.29) is 5.56 Å². The Balaban J connectivity index is 2.04. The average Bonchev–Trinajstić information content (AvgIpc) is 2.45. The molecule has 6 heteroatoms. The Bertz CT molecular complexity index is 551. The van der Waals surface area contributed by atoms with Crippen molar-refractivity contribution in [3.8, 4) is 0 Å². The second-order valence-electron chi connectivity index (χ2n) is 5.05. The van der Waals surface area contributed by atoms with Crippen LogP contribution in [0.2, 0.25) is 0 Å². The van der Waals surface area contributed by atoms with Gasteiger partial charge in [0, 0.05) is 12.1 Å². The van der Waals surface area contributed by atoms with Crippen molar-refractivity contribution in [2.75, 3.05) is 6.54 Å². The maximum atomic E-state index is 13.1. The fourth-order valence-electron chi connectivity index (χ4n) is 2.26. The van der Waals surface area contributed by atoms with E-state index in [9.17, 15) is 22.4 Å². The van der Waals surface area contributed by atoms with E-state index in [0.29, 0.717) is 24.6 Å². The van der Waals surface area contributed by atoms with Crippen molar-refractivity contribution < 1.29 is 22.4 Å². The highest BCUT2D eigenvalue weighted by Crippen LogP contribution is 2.31. The summed E-state index contributed by atoms with van der Waals surface area (Å²) in [6.07, 6.45) is 2.00. The van der Waals surface area contributed by atoms with Gasteiger partial charge in [-0.15, -0.1) is 0 Å². The van der Waals surface area contributed by atoms with Crippen molar-refractivity contribution in [3.05, 3.63) is 47.3 Å². The van der Waals surface area contributed by atoms with Gasteiger partial charge in [-0.05, 0) is 43.4 Å². The molecule has 2 rings (SSSR count). The summed E-state index contributed by atoms with van der Waals surface area (Å²) in [6, 6.07) is 2.27. The summed E-state index contributed by atoms with van der Waals surface area (Å²) in [7, 11) is 0. The third-order valence-corrected chi connectivity index (χ3v) is 3.46. The molecular formula is C15H15F4NO. The lowest BCUT2D eigenvalue weighted by molar-refractivity contribution is -0.140. The molecule has 1 unspecified atom stereocenters.